The highest BCUT2D eigenvalue weighted by molar-refractivity contribution is 5.79. The van der Waals surface area contributed by atoms with Gasteiger partial charge in [-0.2, -0.15) is 0 Å². The van der Waals surface area contributed by atoms with Gasteiger partial charge in [-0.05, 0) is 29.3 Å². The van der Waals surface area contributed by atoms with Crippen LogP contribution in [0.5, 0.6) is 5.75 Å². The molecular formula is C21H23N3O3. The molecule has 6 nitrogen and oxygen atoms in total. The highest BCUT2D eigenvalue weighted by Gasteiger charge is 2.14. The molecule has 140 valence electrons. The van der Waals surface area contributed by atoms with Crippen LogP contribution in [-0.2, 0) is 35.5 Å². The number of benzene rings is 2. The summed E-state index contributed by atoms with van der Waals surface area (Å²) in [7, 11) is 1.68. The van der Waals surface area contributed by atoms with Crippen LogP contribution >= 0.6 is 0 Å². The van der Waals surface area contributed by atoms with E-state index in [1.165, 1.54) is 5.56 Å². The average molecular weight is 365 g/mol. The van der Waals surface area contributed by atoms with E-state index in [1.54, 1.807) is 7.11 Å². The third-order valence-electron chi connectivity index (χ3n) is 4.82. The number of ether oxygens (including phenoxy) is 2. The molecule has 1 aliphatic heterocycles. The minimum atomic E-state index is -0.0294. The summed E-state index contributed by atoms with van der Waals surface area (Å²) >= 11 is 0. The van der Waals surface area contributed by atoms with Crippen molar-refractivity contribution in [1.29, 1.82) is 0 Å². The second-order valence-electron chi connectivity index (χ2n) is 6.66. The normalized spacial score (nSPS) is 12.8. The van der Waals surface area contributed by atoms with E-state index in [4.69, 9.17) is 9.47 Å². The van der Waals surface area contributed by atoms with Crippen molar-refractivity contribution in [3.8, 4) is 5.75 Å². The van der Waals surface area contributed by atoms with Crippen molar-refractivity contribution in [3.63, 3.8) is 0 Å². The first-order valence-electron chi connectivity index (χ1n) is 9.19. The maximum atomic E-state index is 12.4. The van der Waals surface area contributed by atoms with Crippen LogP contribution in [0.15, 0.2) is 42.5 Å². The van der Waals surface area contributed by atoms with Gasteiger partial charge >= 0.3 is 0 Å². The molecule has 1 aromatic heterocycles. The molecule has 0 saturated heterocycles. The highest BCUT2D eigenvalue weighted by Crippen LogP contribution is 2.26. The Bertz CT molecular complexity index is 964. The van der Waals surface area contributed by atoms with Crippen molar-refractivity contribution < 1.29 is 14.3 Å². The fourth-order valence-corrected chi connectivity index (χ4v) is 3.44. The molecular weight excluding hydrogens is 342 g/mol. The van der Waals surface area contributed by atoms with Crippen LogP contribution < -0.4 is 10.1 Å². The Labute approximate surface area is 158 Å². The second-order valence-corrected chi connectivity index (χ2v) is 6.66. The lowest BCUT2D eigenvalue weighted by Gasteiger charge is -2.10. The fourth-order valence-electron chi connectivity index (χ4n) is 3.44. The number of rotatable bonds is 7. The van der Waals surface area contributed by atoms with Gasteiger partial charge in [0.2, 0.25) is 5.91 Å². The Balaban J connectivity index is 1.44. The van der Waals surface area contributed by atoms with Gasteiger partial charge in [-0.3, -0.25) is 4.79 Å². The minimum Gasteiger partial charge on any atom is -0.493 e. The quantitative estimate of drug-likeness (QED) is 0.699. The third kappa shape index (κ3) is 3.80. The summed E-state index contributed by atoms with van der Waals surface area (Å²) in [6.07, 6.45) is 1.27. The van der Waals surface area contributed by atoms with Gasteiger partial charge in [0.15, 0.2) is 0 Å². The number of nitrogens with zero attached hydrogens (tertiary/aromatic N) is 2. The molecule has 0 aliphatic carbocycles. The van der Waals surface area contributed by atoms with Crippen molar-refractivity contribution in [3.05, 3.63) is 59.4 Å². The second kappa shape index (κ2) is 7.80. The topological polar surface area (TPSA) is 65.4 Å². The van der Waals surface area contributed by atoms with Gasteiger partial charge in [0.1, 0.15) is 11.6 Å². The van der Waals surface area contributed by atoms with Crippen LogP contribution in [0.1, 0.15) is 17.0 Å². The molecule has 0 radical (unpaired) electrons. The summed E-state index contributed by atoms with van der Waals surface area (Å²) in [6.45, 7) is 2.40. The van der Waals surface area contributed by atoms with Crippen LogP contribution in [0.4, 0.5) is 0 Å². The maximum Gasteiger partial charge on any atom is 0.224 e. The van der Waals surface area contributed by atoms with E-state index in [0.29, 0.717) is 26.1 Å². The van der Waals surface area contributed by atoms with Crippen LogP contribution in [0.2, 0.25) is 0 Å². The first kappa shape index (κ1) is 17.5. The van der Waals surface area contributed by atoms with Gasteiger partial charge in [-0.25, -0.2) is 4.98 Å². The molecule has 2 heterocycles. The number of aromatic nitrogens is 2. The smallest absolute Gasteiger partial charge is 0.224 e. The predicted octanol–water partition coefficient (Wildman–Crippen LogP) is 2.48. The molecule has 4 rings (SSSR count). The van der Waals surface area contributed by atoms with Gasteiger partial charge in [-0.1, -0.05) is 24.3 Å². The van der Waals surface area contributed by atoms with Crippen molar-refractivity contribution in [2.75, 3.05) is 20.3 Å². The predicted molar refractivity (Wildman–Crippen MR) is 103 cm³/mol. The molecule has 0 saturated carbocycles. The number of fused-ring (bicyclic) bond motifs is 2. The van der Waals surface area contributed by atoms with E-state index in [-0.39, 0.29) is 5.91 Å². The third-order valence-corrected chi connectivity index (χ3v) is 4.82. The Morgan fingerprint density at radius 2 is 2.19 bits per heavy atom. The number of hydrogen-bond acceptors (Lipinski definition) is 4. The number of hydrogen-bond donors (Lipinski definition) is 1. The summed E-state index contributed by atoms with van der Waals surface area (Å²) in [5, 5.41) is 2.99. The molecule has 6 heteroatoms. The summed E-state index contributed by atoms with van der Waals surface area (Å²) in [5.41, 5.74) is 4.15. The molecule has 2 aromatic carbocycles. The highest BCUT2D eigenvalue weighted by atomic mass is 16.5. The van der Waals surface area contributed by atoms with E-state index in [0.717, 1.165) is 41.2 Å². The first-order chi connectivity index (χ1) is 13.2. The number of para-hydroxylation sites is 2. The standard InChI is InChI=1S/C21H23N3O3/c1-26-11-9-24-18-5-3-2-4-17(18)23-20(24)14-22-21(25)13-15-6-7-16-8-10-27-19(16)12-15/h2-7,12H,8-11,13-14H2,1H3,(H,22,25). The lowest BCUT2D eigenvalue weighted by Crippen LogP contribution is -2.26. The van der Waals surface area contributed by atoms with E-state index < -0.39 is 0 Å². The van der Waals surface area contributed by atoms with Gasteiger partial charge < -0.3 is 19.4 Å². The van der Waals surface area contributed by atoms with E-state index in [1.807, 2.05) is 36.4 Å². The fraction of sp³-hybridized carbons (Fsp3) is 0.333. The van der Waals surface area contributed by atoms with Crippen molar-refractivity contribution in [1.82, 2.24) is 14.9 Å². The Hall–Kier alpha value is -2.86. The Kier molecular flexibility index (Phi) is 5.07. The molecule has 0 unspecified atom stereocenters. The van der Waals surface area contributed by atoms with Gasteiger partial charge in [0, 0.05) is 20.1 Å². The number of carbonyl (C=O) groups is 1. The lowest BCUT2D eigenvalue weighted by molar-refractivity contribution is -0.120. The molecule has 0 fully saturated rings. The monoisotopic (exact) mass is 365 g/mol. The zero-order chi connectivity index (χ0) is 18.6. The molecule has 0 bridgehead atoms. The van der Waals surface area contributed by atoms with Crippen LogP contribution in [-0.4, -0.2) is 35.8 Å². The molecule has 3 aromatic rings. The zero-order valence-electron chi connectivity index (χ0n) is 15.4. The maximum absolute atomic E-state index is 12.4. The molecule has 1 N–H and O–H groups in total. The molecule has 1 aliphatic rings. The number of methoxy groups -OCH3 is 1. The van der Waals surface area contributed by atoms with Crippen LogP contribution in [0.25, 0.3) is 11.0 Å². The summed E-state index contributed by atoms with van der Waals surface area (Å²) in [4.78, 5) is 17.1. The lowest BCUT2D eigenvalue weighted by atomic mass is 10.1. The van der Waals surface area contributed by atoms with Crippen molar-refractivity contribution in [2.45, 2.75) is 25.9 Å². The molecule has 0 atom stereocenters. The largest absolute Gasteiger partial charge is 0.493 e. The molecule has 0 spiro atoms. The average Bonchev–Trinajstić information content (AvgIpc) is 3.28. The molecule has 1 amide bonds. The van der Waals surface area contributed by atoms with Gasteiger partial charge in [-0.15, -0.1) is 0 Å². The van der Waals surface area contributed by atoms with Crippen molar-refractivity contribution >= 4 is 16.9 Å². The van der Waals surface area contributed by atoms with Crippen LogP contribution in [0.3, 0.4) is 0 Å². The van der Waals surface area contributed by atoms with Crippen LogP contribution in [0, 0.1) is 0 Å². The van der Waals surface area contributed by atoms with Crippen molar-refractivity contribution in [2.24, 2.45) is 0 Å². The number of amides is 1. The van der Waals surface area contributed by atoms with E-state index >= 15 is 0 Å². The number of nitrogens with one attached hydrogen (secondary N) is 1. The summed E-state index contributed by atoms with van der Waals surface area (Å²) < 4.78 is 12.9. The first-order valence-corrected chi connectivity index (χ1v) is 9.19. The summed E-state index contributed by atoms with van der Waals surface area (Å²) in [6, 6.07) is 14.0. The Morgan fingerprint density at radius 1 is 1.30 bits per heavy atom. The Morgan fingerprint density at radius 3 is 3.07 bits per heavy atom. The van der Waals surface area contributed by atoms with E-state index in [9.17, 15) is 4.79 Å². The number of carbonyl (C=O) groups excluding carboxylic acids is 1. The molecule has 27 heavy (non-hydrogen) atoms. The van der Waals surface area contributed by atoms with E-state index in [2.05, 4.69) is 20.9 Å². The van der Waals surface area contributed by atoms with Gasteiger partial charge in [0.25, 0.3) is 0 Å². The number of imidazole rings is 1. The summed E-state index contributed by atoms with van der Waals surface area (Å²) in [5.74, 6) is 1.71. The minimum absolute atomic E-state index is 0.0294. The van der Waals surface area contributed by atoms with Gasteiger partial charge in [0.05, 0.1) is 37.2 Å². The zero-order valence-corrected chi connectivity index (χ0v) is 15.4. The SMILES string of the molecule is COCCn1c(CNC(=O)Cc2ccc3c(c2)OCC3)nc2ccccc21.